The van der Waals surface area contributed by atoms with Crippen LogP contribution in [0.5, 0.6) is 0 Å². The Morgan fingerprint density at radius 1 is 1.30 bits per heavy atom. The zero-order valence-electron chi connectivity index (χ0n) is 11.5. The van der Waals surface area contributed by atoms with E-state index >= 15 is 0 Å². The first-order valence-electron chi connectivity index (χ1n) is 6.24. The van der Waals surface area contributed by atoms with Gasteiger partial charge in [0, 0.05) is 21.6 Å². The molecule has 6 heteroatoms. The summed E-state index contributed by atoms with van der Waals surface area (Å²) in [6.45, 7) is 5.96. The van der Waals surface area contributed by atoms with Crippen LogP contribution in [0.1, 0.15) is 31.2 Å². The molecule has 0 aliphatic rings. The number of halogens is 2. The zero-order valence-corrected chi connectivity index (χ0v) is 13.9. The molecule has 0 fully saturated rings. The summed E-state index contributed by atoms with van der Waals surface area (Å²) >= 11 is 9.45. The zero-order chi connectivity index (χ0) is 14.9. The number of nitrogens with zero attached hydrogens (tertiary/aromatic N) is 2. The smallest absolute Gasteiger partial charge is 0.139 e. The van der Waals surface area contributed by atoms with E-state index in [9.17, 15) is 0 Å². The second-order valence-electron chi connectivity index (χ2n) is 4.85. The maximum Gasteiger partial charge on any atom is 0.139 e. The third-order valence-corrected chi connectivity index (χ3v) is 4.13. The van der Waals surface area contributed by atoms with E-state index in [1.54, 1.807) is 0 Å². The Bertz CT molecular complexity index is 643. The molecule has 0 amide bonds. The van der Waals surface area contributed by atoms with E-state index in [-0.39, 0.29) is 5.92 Å². The summed E-state index contributed by atoms with van der Waals surface area (Å²) in [7, 11) is 0. The summed E-state index contributed by atoms with van der Waals surface area (Å²) in [4.78, 5) is 8.82. The minimum Gasteiger partial charge on any atom is -0.383 e. The van der Waals surface area contributed by atoms with Crippen molar-refractivity contribution in [1.29, 1.82) is 0 Å². The predicted octanol–water partition coefficient (Wildman–Crippen LogP) is 4.65. The Labute approximate surface area is 131 Å². The lowest BCUT2D eigenvalue weighted by Gasteiger charge is -2.14. The summed E-state index contributed by atoms with van der Waals surface area (Å²) in [5.41, 5.74) is 7.63. The Hall–Kier alpha value is -1.33. The molecule has 2 rings (SSSR count). The number of aromatic nitrogens is 2. The molecule has 1 aromatic carbocycles. The van der Waals surface area contributed by atoms with Gasteiger partial charge in [0.15, 0.2) is 0 Å². The van der Waals surface area contributed by atoms with E-state index in [1.165, 1.54) is 0 Å². The first-order valence-corrected chi connectivity index (χ1v) is 7.41. The molecule has 1 heterocycles. The monoisotopic (exact) mass is 354 g/mol. The fraction of sp³-hybridized carbons (Fsp3) is 0.286. The molecule has 0 aliphatic heterocycles. The van der Waals surface area contributed by atoms with Gasteiger partial charge in [0.2, 0.25) is 0 Å². The summed E-state index contributed by atoms with van der Waals surface area (Å²) in [6.07, 6.45) is 0. The van der Waals surface area contributed by atoms with E-state index in [1.807, 2.05) is 39.0 Å². The average molecular weight is 356 g/mol. The van der Waals surface area contributed by atoms with E-state index in [0.29, 0.717) is 16.7 Å². The van der Waals surface area contributed by atoms with Crippen LogP contribution >= 0.6 is 27.5 Å². The Balaban J connectivity index is 2.39. The van der Waals surface area contributed by atoms with Crippen LogP contribution in [0.4, 0.5) is 17.3 Å². The highest BCUT2D eigenvalue weighted by atomic mass is 79.9. The molecule has 0 spiro atoms. The normalized spacial score (nSPS) is 10.9. The summed E-state index contributed by atoms with van der Waals surface area (Å²) in [6, 6.07) is 5.63. The molecule has 1 aromatic heterocycles. The molecule has 3 N–H and O–H groups in total. The minimum absolute atomic E-state index is 0.215. The van der Waals surface area contributed by atoms with Crippen molar-refractivity contribution in [1.82, 2.24) is 9.97 Å². The van der Waals surface area contributed by atoms with Crippen molar-refractivity contribution in [2.45, 2.75) is 26.7 Å². The Morgan fingerprint density at radius 2 is 2.00 bits per heavy atom. The Kier molecular flexibility index (Phi) is 4.50. The third kappa shape index (κ3) is 3.22. The number of hydrogen-bond acceptors (Lipinski definition) is 4. The lowest BCUT2D eigenvalue weighted by molar-refractivity contribution is 0.776. The molecule has 0 bridgehead atoms. The summed E-state index contributed by atoms with van der Waals surface area (Å²) in [5, 5.41) is 3.88. The van der Waals surface area contributed by atoms with Gasteiger partial charge in [-0.3, -0.25) is 0 Å². The number of nitrogens with one attached hydrogen (secondary N) is 1. The van der Waals surface area contributed by atoms with Crippen molar-refractivity contribution in [2.75, 3.05) is 11.1 Å². The number of anilines is 3. The van der Waals surface area contributed by atoms with Gasteiger partial charge in [-0.15, -0.1) is 0 Å². The van der Waals surface area contributed by atoms with E-state index in [0.717, 1.165) is 21.5 Å². The highest BCUT2D eigenvalue weighted by Gasteiger charge is 2.11. The molecule has 106 valence electrons. The van der Waals surface area contributed by atoms with Crippen LogP contribution in [-0.2, 0) is 0 Å². The van der Waals surface area contributed by atoms with Gasteiger partial charge in [0.25, 0.3) is 0 Å². The second-order valence-corrected chi connectivity index (χ2v) is 6.11. The van der Waals surface area contributed by atoms with E-state index in [4.69, 9.17) is 17.3 Å². The van der Waals surface area contributed by atoms with Crippen LogP contribution in [0, 0.1) is 6.92 Å². The van der Waals surface area contributed by atoms with E-state index < -0.39 is 0 Å². The fourth-order valence-electron chi connectivity index (χ4n) is 1.64. The van der Waals surface area contributed by atoms with Crippen molar-refractivity contribution in [3.8, 4) is 0 Å². The molecular weight excluding hydrogens is 340 g/mol. The van der Waals surface area contributed by atoms with Crippen LogP contribution in [0.15, 0.2) is 22.7 Å². The van der Waals surface area contributed by atoms with Crippen LogP contribution in [0.25, 0.3) is 0 Å². The van der Waals surface area contributed by atoms with Gasteiger partial charge in [-0.05, 0) is 41.1 Å². The van der Waals surface area contributed by atoms with Gasteiger partial charge in [-0.25, -0.2) is 9.97 Å². The van der Waals surface area contributed by atoms with Crippen molar-refractivity contribution >= 4 is 44.9 Å². The number of benzene rings is 1. The average Bonchev–Trinajstić information content (AvgIpc) is 2.38. The van der Waals surface area contributed by atoms with Crippen molar-refractivity contribution in [3.63, 3.8) is 0 Å². The SMILES string of the molecule is Cc1c(N)nc(C(C)C)nc1Nc1ccc(Br)c(Cl)c1. The number of hydrogen-bond donors (Lipinski definition) is 2. The highest BCUT2D eigenvalue weighted by Crippen LogP contribution is 2.29. The number of rotatable bonds is 3. The maximum atomic E-state index is 6.09. The maximum absolute atomic E-state index is 6.09. The Morgan fingerprint density at radius 3 is 2.60 bits per heavy atom. The lowest BCUT2D eigenvalue weighted by Crippen LogP contribution is -2.08. The molecular formula is C14H16BrClN4. The topological polar surface area (TPSA) is 63.8 Å². The molecule has 0 unspecified atom stereocenters. The summed E-state index contributed by atoms with van der Waals surface area (Å²) in [5.74, 6) is 2.14. The molecule has 0 saturated heterocycles. The molecule has 2 aromatic rings. The molecule has 20 heavy (non-hydrogen) atoms. The van der Waals surface area contributed by atoms with Gasteiger partial charge in [0.1, 0.15) is 17.5 Å². The van der Waals surface area contributed by atoms with Gasteiger partial charge in [-0.1, -0.05) is 25.4 Å². The lowest BCUT2D eigenvalue weighted by atomic mass is 10.2. The molecule has 0 saturated carbocycles. The standard InChI is InChI=1S/C14H16BrClN4/c1-7(2)13-19-12(17)8(3)14(20-13)18-9-4-5-10(15)11(16)6-9/h4-7H,1-3H3,(H3,17,18,19,20). The van der Waals surface area contributed by atoms with Gasteiger partial charge < -0.3 is 11.1 Å². The highest BCUT2D eigenvalue weighted by molar-refractivity contribution is 9.10. The van der Waals surface area contributed by atoms with Crippen molar-refractivity contribution in [3.05, 3.63) is 39.1 Å². The third-order valence-electron chi connectivity index (χ3n) is 2.90. The first-order chi connectivity index (χ1) is 9.38. The van der Waals surface area contributed by atoms with Crippen LogP contribution in [0.3, 0.4) is 0 Å². The minimum atomic E-state index is 0.215. The van der Waals surface area contributed by atoms with Crippen LogP contribution < -0.4 is 11.1 Å². The quantitative estimate of drug-likeness (QED) is 0.841. The molecule has 0 aliphatic carbocycles. The fourth-order valence-corrected chi connectivity index (χ4v) is 2.07. The predicted molar refractivity (Wildman–Crippen MR) is 87.7 cm³/mol. The molecule has 4 nitrogen and oxygen atoms in total. The van der Waals surface area contributed by atoms with Crippen molar-refractivity contribution < 1.29 is 0 Å². The first kappa shape index (κ1) is 15.1. The van der Waals surface area contributed by atoms with Gasteiger partial charge in [0.05, 0.1) is 5.02 Å². The van der Waals surface area contributed by atoms with Gasteiger partial charge >= 0.3 is 0 Å². The van der Waals surface area contributed by atoms with Crippen molar-refractivity contribution in [2.24, 2.45) is 0 Å². The molecule has 0 radical (unpaired) electrons. The van der Waals surface area contributed by atoms with E-state index in [2.05, 4.69) is 31.2 Å². The summed E-state index contributed by atoms with van der Waals surface area (Å²) < 4.78 is 0.853. The largest absolute Gasteiger partial charge is 0.383 e. The second kappa shape index (κ2) is 5.97. The molecule has 0 atom stereocenters. The van der Waals surface area contributed by atoms with Crippen LogP contribution in [-0.4, -0.2) is 9.97 Å². The number of nitrogens with two attached hydrogens (primary N) is 1. The van der Waals surface area contributed by atoms with Gasteiger partial charge in [-0.2, -0.15) is 0 Å². The number of nitrogen functional groups attached to an aromatic ring is 1. The van der Waals surface area contributed by atoms with Crippen LogP contribution in [0.2, 0.25) is 5.02 Å².